The van der Waals surface area contributed by atoms with Crippen molar-refractivity contribution in [2.24, 2.45) is 0 Å². The Morgan fingerprint density at radius 1 is 1.59 bits per heavy atom. The Morgan fingerprint density at radius 3 is 3.06 bits per heavy atom. The number of aliphatic carboxylic acids is 1. The summed E-state index contributed by atoms with van der Waals surface area (Å²) in [6.07, 6.45) is 0.790. The van der Waals surface area contributed by atoms with E-state index in [2.05, 4.69) is 11.0 Å². The monoisotopic (exact) mass is 235 g/mol. The molecule has 0 bridgehead atoms. The summed E-state index contributed by atoms with van der Waals surface area (Å²) in [7, 11) is 1.99. The van der Waals surface area contributed by atoms with Gasteiger partial charge in [0.15, 0.2) is 0 Å². The van der Waals surface area contributed by atoms with Gasteiger partial charge in [-0.15, -0.1) is 0 Å². The number of rotatable bonds is 3. The van der Waals surface area contributed by atoms with Crippen LogP contribution in [-0.2, 0) is 4.79 Å². The first-order valence-corrected chi connectivity index (χ1v) is 5.76. The molecule has 92 valence electrons. The van der Waals surface area contributed by atoms with Crippen molar-refractivity contribution >= 4 is 11.7 Å². The van der Waals surface area contributed by atoms with Gasteiger partial charge in [-0.3, -0.25) is 4.79 Å². The Bertz CT molecular complexity index is 431. The highest BCUT2D eigenvalue weighted by Gasteiger charge is 2.24. The molecule has 1 unspecified atom stereocenters. The van der Waals surface area contributed by atoms with E-state index in [-0.39, 0.29) is 12.5 Å². The molecular formula is C13H17NO3. The Morgan fingerprint density at radius 2 is 2.35 bits per heavy atom. The van der Waals surface area contributed by atoms with Crippen LogP contribution in [0.1, 0.15) is 18.4 Å². The number of anilines is 1. The zero-order valence-electron chi connectivity index (χ0n) is 10.1. The molecule has 0 radical (unpaired) electrons. The maximum atomic E-state index is 10.6. The summed E-state index contributed by atoms with van der Waals surface area (Å²) in [5.74, 6) is 0.123. The van der Waals surface area contributed by atoms with Gasteiger partial charge in [-0.1, -0.05) is 6.07 Å². The van der Waals surface area contributed by atoms with Gasteiger partial charge in [0.05, 0.1) is 11.7 Å². The molecule has 1 aliphatic rings. The molecule has 0 amide bonds. The SMILES string of the molecule is Cc1ccc2c(c1)N(C)C(CCC(=O)O)CO2. The average Bonchev–Trinajstić information content (AvgIpc) is 2.29. The van der Waals surface area contributed by atoms with E-state index in [9.17, 15) is 4.79 Å². The molecule has 1 aromatic rings. The number of carboxylic acid groups (broad SMARTS) is 1. The standard InChI is InChI=1S/C13H17NO3/c1-9-3-5-12-11(7-9)14(2)10(8-17-12)4-6-13(15)16/h3,5,7,10H,4,6,8H2,1-2H3,(H,15,16). The van der Waals surface area contributed by atoms with Crippen molar-refractivity contribution < 1.29 is 14.6 Å². The normalized spacial score (nSPS) is 18.5. The van der Waals surface area contributed by atoms with Crippen molar-refractivity contribution in [1.29, 1.82) is 0 Å². The van der Waals surface area contributed by atoms with Gasteiger partial charge in [-0.05, 0) is 31.0 Å². The zero-order valence-corrected chi connectivity index (χ0v) is 10.1. The fourth-order valence-corrected chi connectivity index (χ4v) is 2.09. The fraction of sp³-hybridized carbons (Fsp3) is 0.462. The Kier molecular flexibility index (Phi) is 3.22. The first kappa shape index (κ1) is 11.8. The van der Waals surface area contributed by atoms with Gasteiger partial charge in [0.2, 0.25) is 0 Å². The summed E-state index contributed by atoms with van der Waals surface area (Å²) in [6.45, 7) is 2.59. The van der Waals surface area contributed by atoms with Crippen LogP contribution in [0.3, 0.4) is 0 Å². The van der Waals surface area contributed by atoms with Gasteiger partial charge in [-0.2, -0.15) is 0 Å². The minimum Gasteiger partial charge on any atom is -0.489 e. The summed E-state index contributed by atoms with van der Waals surface area (Å²) >= 11 is 0. The fourth-order valence-electron chi connectivity index (χ4n) is 2.09. The van der Waals surface area contributed by atoms with Crippen molar-refractivity contribution in [3.8, 4) is 5.75 Å². The number of fused-ring (bicyclic) bond motifs is 1. The third-order valence-electron chi connectivity index (χ3n) is 3.16. The van der Waals surface area contributed by atoms with Gasteiger partial charge in [-0.25, -0.2) is 0 Å². The minimum absolute atomic E-state index is 0.139. The second-order valence-corrected chi connectivity index (χ2v) is 4.48. The highest BCUT2D eigenvalue weighted by Crippen LogP contribution is 2.34. The van der Waals surface area contributed by atoms with Crippen molar-refractivity contribution in [2.75, 3.05) is 18.6 Å². The highest BCUT2D eigenvalue weighted by atomic mass is 16.5. The van der Waals surface area contributed by atoms with Crippen LogP contribution in [0.15, 0.2) is 18.2 Å². The number of likely N-dealkylation sites (N-methyl/N-ethyl adjacent to an activating group) is 1. The number of hydrogen-bond donors (Lipinski definition) is 1. The minimum atomic E-state index is -0.756. The Labute approximate surface area is 101 Å². The van der Waals surface area contributed by atoms with E-state index in [0.29, 0.717) is 13.0 Å². The van der Waals surface area contributed by atoms with E-state index < -0.39 is 5.97 Å². The summed E-state index contributed by atoms with van der Waals surface area (Å²) in [5, 5.41) is 8.71. The molecule has 17 heavy (non-hydrogen) atoms. The predicted molar refractivity (Wildman–Crippen MR) is 65.7 cm³/mol. The van der Waals surface area contributed by atoms with Crippen LogP contribution in [0.4, 0.5) is 5.69 Å². The van der Waals surface area contributed by atoms with Crippen LogP contribution in [0.2, 0.25) is 0 Å². The average molecular weight is 235 g/mol. The number of hydrogen-bond acceptors (Lipinski definition) is 3. The predicted octanol–water partition coefficient (Wildman–Crippen LogP) is 2.06. The first-order chi connectivity index (χ1) is 8.08. The van der Waals surface area contributed by atoms with Crippen molar-refractivity contribution in [3.63, 3.8) is 0 Å². The lowest BCUT2D eigenvalue weighted by atomic mass is 10.1. The van der Waals surface area contributed by atoms with Gasteiger partial charge in [0.1, 0.15) is 12.4 Å². The second-order valence-electron chi connectivity index (χ2n) is 4.48. The zero-order chi connectivity index (χ0) is 12.4. The number of nitrogens with zero attached hydrogens (tertiary/aromatic N) is 1. The lowest BCUT2D eigenvalue weighted by Gasteiger charge is -2.35. The third-order valence-corrected chi connectivity index (χ3v) is 3.16. The lowest BCUT2D eigenvalue weighted by molar-refractivity contribution is -0.137. The molecule has 4 heteroatoms. The number of aryl methyl sites for hydroxylation is 1. The number of benzene rings is 1. The quantitative estimate of drug-likeness (QED) is 0.871. The summed E-state index contributed by atoms with van der Waals surface area (Å²) in [6, 6.07) is 6.20. The number of ether oxygens (including phenoxy) is 1. The number of carbonyl (C=O) groups is 1. The highest BCUT2D eigenvalue weighted by molar-refractivity contribution is 5.67. The molecule has 1 N–H and O–H groups in total. The van der Waals surface area contributed by atoms with Gasteiger partial charge < -0.3 is 14.7 Å². The first-order valence-electron chi connectivity index (χ1n) is 5.76. The molecule has 1 atom stereocenters. The molecule has 4 nitrogen and oxygen atoms in total. The largest absolute Gasteiger partial charge is 0.489 e. The van der Waals surface area contributed by atoms with Gasteiger partial charge >= 0.3 is 5.97 Å². The van der Waals surface area contributed by atoms with Gasteiger partial charge in [0.25, 0.3) is 0 Å². The molecule has 0 fully saturated rings. The second kappa shape index (κ2) is 4.65. The molecule has 1 heterocycles. The Hall–Kier alpha value is -1.71. The van der Waals surface area contributed by atoms with Crippen LogP contribution < -0.4 is 9.64 Å². The molecule has 0 saturated heterocycles. The molecular weight excluding hydrogens is 218 g/mol. The van der Waals surface area contributed by atoms with Crippen molar-refractivity contribution in [3.05, 3.63) is 23.8 Å². The smallest absolute Gasteiger partial charge is 0.303 e. The van der Waals surface area contributed by atoms with E-state index in [1.165, 1.54) is 5.56 Å². The van der Waals surface area contributed by atoms with Crippen LogP contribution in [0, 0.1) is 6.92 Å². The van der Waals surface area contributed by atoms with Crippen LogP contribution in [0.5, 0.6) is 5.75 Å². The van der Waals surface area contributed by atoms with E-state index in [4.69, 9.17) is 9.84 Å². The van der Waals surface area contributed by atoms with Gasteiger partial charge in [0, 0.05) is 13.5 Å². The molecule has 1 aromatic carbocycles. The van der Waals surface area contributed by atoms with Crippen LogP contribution >= 0.6 is 0 Å². The van der Waals surface area contributed by atoms with E-state index >= 15 is 0 Å². The van der Waals surface area contributed by atoms with E-state index in [1.807, 2.05) is 26.1 Å². The summed E-state index contributed by atoms with van der Waals surface area (Å²) in [5.41, 5.74) is 2.23. The summed E-state index contributed by atoms with van der Waals surface area (Å²) in [4.78, 5) is 12.7. The van der Waals surface area contributed by atoms with Crippen LogP contribution in [0.25, 0.3) is 0 Å². The third kappa shape index (κ3) is 2.52. The van der Waals surface area contributed by atoms with E-state index in [0.717, 1.165) is 11.4 Å². The maximum absolute atomic E-state index is 10.6. The van der Waals surface area contributed by atoms with Crippen LogP contribution in [-0.4, -0.2) is 30.8 Å². The molecule has 0 spiro atoms. The van der Waals surface area contributed by atoms with E-state index in [1.54, 1.807) is 0 Å². The number of carboxylic acids is 1. The summed E-state index contributed by atoms with van der Waals surface area (Å²) < 4.78 is 5.66. The molecule has 0 saturated carbocycles. The molecule has 0 aromatic heterocycles. The maximum Gasteiger partial charge on any atom is 0.303 e. The molecule has 2 rings (SSSR count). The van der Waals surface area contributed by atoms with Crippen molar-refractivity contribution in [1.82, 2.24) is 0 Å². The molecule has 1 aliphatic heterocycles. The topological polar surface area (TPSA) is 49.8 Å². The Balaban J connectivity index is 2.14. The van der Waals surface area contributed by atoms with Crippen molar-refractivity contribution in [2.45, 2.75) is 25.8 Å². The lowest BCUT2D eigenvalue weighted by Crippen LogP contribution is -2.40. The molecule has 0 aliphatic carbocycles.